The van der Waals surface area contributed by atoms with Crippen molar-refractivity contribution >= 4 is 29.1 Å². The van der Waals surface area contributed by atoms with Crippen LogP contribution in [0.2, 0.25) is 0 Å². The van der Waals surface area contributed by atoms with Crippen LogP contribution in [0.15, 0.2) is 18.2 Å². The first-order chi connectivity index (χ1) is 8.66. The maximum absolute atomic E-state index is 10.2. The second-order valence-corrected chi connectivity index (χ2v) is 5.13. The maximum atomic E-state index is 10.2. The van der Waals surface area contributed by atoms with Crippen LogP contribution in [0.3, 0.4) is 0 Å². The van der Waals surface area contributed by atoms with Crippen molar-refractivity contribution in [2.75, 3.05) is 25.4 Å². The van der Waals surface area contributed by atoms with Gasteiger partial charge in [0.05, 0.1) is 6.61 Å². The zero-order valence-electron chi connectivity index (χ0n) is 10.6. The number of thiol groups is 1. The lowest BCUT2D eigenvalue weighted by molar-refractivity contribution is 0.226. The van der Waals surface area contributed by atoms with Gasteiger partial charge in [-0.2, -0.15) is 0 Å². The molecule has 19 heavy (non-hydrogen) atoms. The van der Waals surface area contributed by atoms with Gasteiger partial charge in [-0.1, -0.05) is 12.1 Å². The van der Waals surface area contributed by atoms with Crippen molar-refractivity contribution in [1.82, 2.24) is 4.90 Å². The van der Waals surface area contributed by atoms with E-state index < -0.39 is 11.0 Å². The van der Waals surface area contributed by atoms with Crippen molar-refractivity contribution in [2.24, 2.45) is 0 Å². The number of hydrogen-bond donors (Lipinski definition) is 2. The summed E-state index contributed by atoms with van der Waals surface area (Å²) in [6, 6.07) is 6.01. The fourth-order valence-corrected chi connectivity index (χ4v) is 2.59. The van der Waals surface area contributed by atoms with Crippen molar-refractivity contribution in [3.05, 3.63) is 29.3 Å². The molecule has 1 aliphatic rings. The predicted octanol–water partition coefficient (Wildman–Crippen LogP) is 0.982. The first-order valence-corrected chi connectivity index (χ1v) is 7.12. The summed E-state index contributed by atoms with van der Waals surface area (Å²) < 4.78 is 25.0. The quantitative estimate of drug-likeness (QED) is 0.482. The molecule has 0 aromatic heterocycles. The van der Waals surface area contributed by atoms with Crippen molar-refractivity contribution in [3.63, 3.8) is 0 Å². The Morgan fingerprint density at radius 1 is 1.37 bits per heavy atom. The highest BCUT2D eigenvalue weighted by atomic mass is 35.5. The molecule has 0 bridgehead atoms. The van der Waals surface area contributed by atoms with Gasteiger partial charge in [-0.3, -0.25) is 9.08 Å². The summed E-state index contributed by atoms with van der Waals surface area (Å²) in [6.45, 7) is 2.95. The monoisotopic (exact) mass is 306 g/mol. The number of fused-ring (bicyclic) bond motifs is 1. The Morgan fingerprint density at radius 2 is 2.16 bits per heavy atom. The van der Waals surface area contributed by atoms with Gasteiger partial charge in [0, 0.05) is 25.3 Å². The van der Waals surface area contributed by atoms with Crippen molar-refractivity contribution in [1.29, 1.82) is 0 Å². The molecule has 0 radical (unpaired) electrons. The largest absolute Gasteiger partial charge is 0.398 e. The second kappa shape index (κ2) is 7.69. The van der Waals surface area contributed by atoms with Gasteiger partial charge in [-0.25, -0.2) is 8.42 Å². The number of nitrogens with zero attached hydrogens (tertiary/aromatic N) is 1. The highest BCUT2D eigenvalue weighted by Crippen LogP contribution is 2.23. The minimum atomic E-state index is -2.71. The summed E-state index contributed by atoms with van der Waals surface area (Å²) in [5.41, 5.74) is 9.34. The summed E-state index contributed by atoms with van der Waals surface area (Å²) in [6.07, 6.45) is 1.68. The molecule has 0 aliphatic carbocycles. The van der Waals surface area contributed by atoms with E-state index in [1.165, 1.54) is 11.1 Å². The van der Waals surface area contributed by atoms with Gasteiger partial charge >= 0.3 is 0 Å². The van der Waals surface area contributed by atoms with Crippen molar-refractivity contribution in [2.45, 2.75) is 19.4 Å². The average molecular weight is 307 g/mol. The average Bonchev–Trinajstić information content (AvgIpc) is 2.35. The zero-order valence-corrected chi connectivity index (χ0v) is 12.3. The molecule has 7 heteroatoms. The molecule has 2 N–H and O–H groups in total. The van der Waals surface area contributed by atoms with Crippen LogP contribution in [0.25, 0.3) is 0 Å². The van der Waals surface area contributed by atoms with E-state index >= 15 is 0 Å². The van der Waals surface area contributed by atoms with E-state index in [1.54, 1.807) is 0 Å². The molecule has 0 unspecified atom stereocenters. The van der Waals surface area contributed by atoms with Gasteiger partial charge in [0.15, 0.2) is 0 Å². The minimum absolute atomic E-state index is 0. The Kier molecular flexibility index (Phi) is 6.57. The molecule has 0 fully saturated rings. The lowest BCUT2D eigenvalue weighted by atomic mass is 9.98. The van der Waals surface area contributed by atoms with E-state index in [0.717, 1.165) is 38.2 Å². The van der Waals surface area contributed by atoms with Crippen LogP contribution in [0.1, 0.15) is 17.5 Å². The number of nitrogens with two attached hydrogens (primary N) is 1. The number of benzene rings is 1. The number of halogens is 1. The zero-order chi connectivity index (χ0) is 13.0. The molecule has 0 atom stereocenters. The summed E-state index contributed by atoms with van der Waals surface area (Å²) in [4.78, 5) is 2.29. The Morgan fingerprint density at radius 3 is 2.89 bits per heavy atom. The molecule has 108 valence electrons. The van der Waals surface area contributed by atoms with Crippen LogP contribution < -0.4 is 5.73 Å². The van der Waals surface area contributed by atoms with Crippen LogP contribution >= 0.6 is 12.4 Å². The van der Waals surface area contributed by atoms with Gasteiger partial charge in [0.2, 0.25) is 0 Å². The molecule has 1 aromatic rings. The topological polar surface area (TPSA) is 72.6 Å². The molecule has 0 spiro atoms. The predicted molar refractivity (Wildman–Crippen MR) is 78.0 cm³/mol. The molecule has 0 saturated carbocycles. The molecule has 0 saturated heterocycles. The van der Waals surface area contributed by atoms with E-state index in [0.29, 0.717) is 0 Å². The van der Waals surface area contributed by atoms with E-state index in [2.05, 4.69) is 15.1 Å². The first kappa shape index (κ1) is 16.2. The van der Waals surface area contributed by atoms with Crippen LogP contribution in [-0.4, -0.2) is 33.0 Å². The summed E-state index contributed by atoms with van der Waals surface area (Å²) in [5, 5.41) is 0. The molecule has 5 nitrogen and oxygen atoms in total. The van der Waals surface area contributed by atoms with Gasteiger partial charge in [0.1, 0.15) is 0 Å². The molecular formula is C12H19ClN2O3S. The van der Waals surface area contributed by atoms with E-state index in [4.69, 9.17) is 5.73 Å². The van der Waals surface area contributed by atoms with Gasteiger partial charge in [-0.05, 0) is 30.0 Å². The number of nitrogen functional groups attached to an aromatic ring is 1. The third kappa shape index (κ3) is 4.65. The Bertz CT molecular complexity index is 486. The SMILES string of the molecule is Cl.Nc1cccc2c1CCN(CCCO[SH](=O)=O)C2. The lowest BCUT2D eigenvalue weighted by Gasteiger charge is -2.29. The highest BCUT2D eigenvalue weighted by molar-refractivity contribution is 7.67. The van der Waals surface area contributed by atoms with E-state index in [-0.39, 0.29) is 19.0 Å². The van der Waals surface area contributed by atoms with Crippen molar-refractivity contribution < 1.29 is 12.6 Å². The lowest BCUT2D eigenvalue weighted by Crippen LogP contribution is -2.32. The fourth-order valence-electron chi connectivity index (χ4n) is 2.32. The Hall–Kier alpha value is -0.820. The van der Waals surface area contributed by atoms with Gasteiger partial charge in [0.25, 0.3) is 11.0 Å². The molecule has 1 heterocycles. The third-order valence-corrected chi connectivity index (χ3v) is 3.59. The third-order valence-electron chi connectivity index (χ3n) is 3.20. The van der Waals surface area contributed by atoms with Gasteiger partial charge < -0.3 is 5.73 Å². The number of anilines is 1. The second-order valence-electron chi connectivity index (χ2n) is 4.42. The van der Waals surface area contributed by atoms with Crippen LogP contribution in [0.5, 0.6) is 0 Å². The van der Waals surface area contributed by atoms with E-state index in [9.17, 15) is 8.42 Å². The fraction of sp³-hybridized carbons (Fsp3) is 0.500. The molecule has 1 aromatic carbocycles. The van der Waals surface area contributed by atoms with E-state index in [1.807, 2.05) is 12.1 Å². The summed E-state index contributed by atoms with van der Waals surface area (Å²) in [5.74, 6) is 0. The molecular weight excluding hydrogens is 288 g/mol. The highest BCUT2D eigenvalue weighted by Gasteiger charge is 2.17. The van der Waals surface area contributed by atoms with Crippen molar-refractivity contribution in [3.8, 4) is 0 Å². The minimum Gasteiger partial charge on any atom is -0.398 e. The number of rotatable bonds is 5. The molecule has 0 amide bonds. The first-order valence-electron chi connectivity index (χ1n) is 6.02. The molecule has 2 rings (SSSR count). The Balaban J connectivity index is 0.00000180. The summed E-state index contributed by atoms with van der Waals surface area (Å²) >= 11 is 0. The normalized spacial score (nSPS) is 15.0. The maximum Gasteiger partial charge on any atom is 0.257 e. The molecule has 1 aliphatic heterocycles. The van der Waals surface area contributed by atoms with Crippen LogP contribution in [0.4, 0.5) is 5.69 Å². The number of hydrogen-bond acceptors (Lipinski definition) is 5. The standard InChI is InChI=1S/C12H18N2O3S.ClH/c13-12-4-1-3-10-9-14(7-5-11(10)12)6-2-8-17-18(15)16;/h1,3-4,18H,2,5-9,13H2;1H. The smallest absolute Gasteiger partial charge is 0.257 e. The van der Waals surface area contributed by atoms with Gasteiger partial charge in [-0.15, -0.1) is 12.4 Å². The van der Waals surface area contributed by atoms with Crippen LogP contribution in [0, 0.1) is 0 Å². The Labute approximate surface area is 121 Å². The summed E-state index contributed by atoms with van der Waals surface area (Å²) in [7, 11) is -2.71. The van der Waals surface area contributed by atoms with Crippen LogP contribution in [-0.2, 0) is 28.1 Å².